The van der Waals surface area contributed by atoms with E-state index in [4.69, 9.17) is 9.47 Å². The molecule has 1 aromatic rings. The van der Waals surface area contributed by atoms with Crippen LogP contribution in [0.4, 0.5) is 0 Å². The summed E-state index contributed by atoms with van der Waals surface area (Å²) in [6.45, 7) is 10.9. The molecule has 5 atom stereocenters. The van der Waals surface area contributed by atoms with Gasteiger partial charge in [-0.2, -0.15) is 0 Å². The summed E-state index contributed by atoms with van der Waals surface area (Å²) in [6, 6.07) is 1.44. The fourth-order valence-electron chi connectivity index (χ4n) is 7.65. The normalized spacial score (nSPS) is 32.7. The van der Waals surface area contributed by atoms with Crippen LogP contribution in [0.1, 0.15) is 69.3 Å². The van der Waals surface area contributed by atoms with Crippen molar-refractivity contribution >= 4 is 11.6 Å². The van der Waals surface area contributed by atoms with Crippen LogP contribution in [-0.4, -0.2) is 64.1 Å². The Morgan fingerprint density at radius 2 is 1.79 bits per heavy atom. The van der Waals surface area contributed by atoms with Gasteiger partial charge in [0.1, 0.15) is 22.8 Å². The first-order valence-electron chi connectivity index (χ1n) is 14.3. The van der Waals surface area contributed by atoms with E-state index in [9.17, 15) is 19.8 Å². The van der Waals surface area contributed by atoms with E-state index in [-0.39, 0.29) is 46.2 Å². The fourth-order valence-corrected chi connectivity index (χ4v) is 7.65. The zero-order valence-electron chi connectivity index (χ0n) is 23.4. The number of hydrogen-bond acceptors (Lipinski definition) is 7. The summed E-state index contributed by atoms with van der Waals surface area (Å²) in [7, 11) is 0. The number of piperidine rings is 1. The molecule has 1 spiro atoms. The largest absolute Gasteiger partial charge is 0.507 e. The smallest absolute Gasteiger partial charge is 0.200 e. The molecule has 0 unspecified atom stereocenters. The molecule has 1 aromatic carbocycles. The Labute approximate surface area is 230 Å². The van der Waals surface area contributed by atoms with Gasteiger partial charge in [0.15, 0.2) is 22.8 Å². The second-order valence-electron chi connectivity index (χ2n) is 12.5. The van der Waals surface area contributed by atoms with Gasteiger partial charge >= 0.3 is 0 Å². The molecule has 3 heterocycles. The number of nitrogens with zero attached hydrogens (tertiary/aromatic N) is 1. The number of benzene rings is 1. The summed E-state index contributed by atoms with van der Waals surface area (Å²) in [5, 5.41) is 22.1. The van der Waals surface area contributed by atoms with E-state index < -0.39 is 17.1 Å². The molecule has 3 aliphatic heterocycles. The van der Waals surface area contributed by atoms with E-state index in [0.717, 1.165) is 43.6 Å². The Hall–Kier alpha value is -2.90. The van der Waals surface area contributed by atoms with Crippen LogP contribution in [0.3, 0.4) is 0 Å². The molecule has 0 radical (unpaired) electrons. The highest BCUT2D eigenvalue weighted by Crippen LogP contribution is 2.65. The monoisotopic (exact) mass is 533 g/mol. The van der Waals surface area contributed by atoms with Crippen LogP contribution < -0.4 is 4.74 Å². The molecule has 7 heteroatoms. The summed E-state index contributed by atoms with van der Waals surface area (Å²) in [5.41, 5.74) is 0.256. The predicted molar refractivity (Wildman–Crippen MR) is 147 cm³/mol. The first-order valence-corrected chi connectivity index (χ1v) is 14.3. The van der Waals surface area contributed by atoms with Crippen LogP contribution in [0, 0.1) is 17.8 Å². The van der Waals surface area contributed by atoms with Crippen molar-refractivity contribution in [3.8, 4) is 17.2 Å². The molecule has 0 amide bonds. The van der Waals surface area contributed by atoms with Gasteiger partial charge in [-0.3, -0.25) is 9.59 Å². The Balaban J connectivity index is 1.50. The number of phenolic OH excluding ortho intramolecular Hbond substituents is 2. The maximum atomic E-state index is 14.3. The topological polar surface area (TPSA) is 96.3 Å². The van der Waals surface area contributed by atoms with Crippen molar-refractivity contribution in [2.45, 2.75) is 71.0 Å². The quantitative estimate of drug-likeness (QED) is 0.502. The van der Waals surface area contributed by atoms with E-state index in [1.165, 1.54) is 12.5 Å². The lowest BCUT2D eigenvalue weighted by Crippen LogP contribution is -2.74. The third kappa shape index (κ3) is 3.69. The second-order valence-corrected chi connectivity index (χ2v) is 12.5. The average Bonchev–Trinajstić information content (AvgIpc) is 3.17. The minimum atomic E-state index is -1.32. The average molecular weight is 534 g/mol. The second kappa shape index (κ2) is 9.34. The number of fused-ring (bicyclic) bond motifs is 1. The molecule has 2 N–H and O–H groups in total. The number of Topliss-reactive ketones (excluding diaryl/α,β-unsaturated/α-hetero) is 2. The first kappa shape index (κ1) is 26.3. The molecular formula is C32H39NO6. The lowest BCUT2D eigenvalue weighted by atomic mass is 9.49. The van der Waals surface area contributed by atoms with Crippen molar-refractivity contribution in [1.82, 2.24) is 4.90 Å². The standard InChI is InChI=1S/C32H39NO6/c1-18(2)8-9-20-25(34)15-26-27(28(20)35)29(36)23-14-21-22(16-33-12-6-5-7-13-33)24-17-38-31(30(21)37,11-10-19(3)4)32(23,24)39-26/h8,10,14-15,21-22,24,34-35H,5-7,9,11-13,16-17H2,1-4H3/t21-,22+,24-,31+,32-/m1/s1. The van der Waals surface area contributed by atoms with Crippen molar-refractivity contribution in [2.75, 3.05) is 26.2 Å². The van der Waals surface area contributed by atoms with E-state index in [0.29, 0.717) is 30.6 Å². The van der Waals surface area contributed by atoms with Crippen LogP contribution in [0.2, 0.25) is 0 Å². The number of ether oxygens (including phenoxy) is 2. The molecule has 0 aromatic heterocycles. The molecule has 7 rings (SSSR count). The van der Waals surface area contributed by atoms with E-state index in [1.807, 2.05) is 45.9 Å². The number of rotatable bonds is 6. The van der Waals surface area contributed by atoms with Crippen molar-refractivity contribution in [2.24, 2.45) is 17.8 Å². The van der Waals surface area contributed by atoms with Crippen LogP contribution in [0.15, 0.2) is 41.0 Å². The molecule has 1 saturated carbocycles. The van der Waals surface area contributed by atoms with E-state index in [2.05, 4.69) is 4.90 Å². The van der Waals surface area contributed by atoms with Crippen molar-refractivity contribution in [1.29, 1.82) is 0 Å². The third-order valence-electron chi connectivity index (χ3n) is 9.58. The Morgan fingerprint density at radius 1 is 1.08 bits per heavy atom. The van der Waals surface area contributed by atoms with Gasteiger partial charge in [-0.25, -0.2) is 0 Å². The van der Waals surface area contributed by atoms with Gasteiger partial charge in [0, 0.05) is 42.0 Å². The zero-order chi connectivity index (χ0) is 27.7. The Kier molecular flexibility index (Phi) is 6.31. The molecule has 6 aliphatic rings. The summed E-state index contributed by atoms with van der Waals surface area (Å²) in [6.07, 6.45) is 9.86. The van der Waals surface area contributed by atoms with Crippen molar-refractivity contribution in [3.63, 3.8) is 0 Å². The maximum absolute atomic E-state index is 14.3. The molecule has 2 saturated heterocycles. The summed E-state index contributed by atoms with van der Waals surface area (Å²) in [5.74, 6) is -1.30. The summed E-state index contributed by atoms with van der Waals surface area (Å²) >= 11 is 0. The number of likely N-dealkylation sites (tertiary alicyclic amines) is 1. The van der Waals surface area contributed by atoms with E-state index in [1.54, 1.807) is 0 Å². The van der Waals surface area contributed by atoms with Gasteiger partial charge in [-0.1, -0.05) is 35.8 Å². The van der Waals surface area contributed by atoms with Crippen LogP contribution >= 0.6 is 0 Å². The number of allylic oxidation sites excluding steroid dienone is 4. The lowest BCUT2D eigenvalue weighted by molar-refractivity contribution is -0.171. The number of ketones is 2. The fraction of sp³-hybridized carbons (Fsp3) is 0.562. The highest BCUT2D eigenvalue weighted by molar-refractivity contribution is 6.18. The first-order chi connectivity index (χ1) is 18.6. The Bertz CT molecular complexity index is 1330. The predicted octanol–water partition coefficient (Wildman–Crippen LogP) is 4.90. The van der Waals surface area contributed by atoms with Gasteiger partial charge in [0.05, 0.1) is 6.61 Å². The maximum Gasteiger partial charge on any atom is 0.200 e. The molecule has 4 bridgehead atoms. The van der Waals surface area contributed by atoms with E-state index >= 15 is 0 Å². The van der Waals surface area contributed by atoms with Gasteiger partial charge in [0.2, 0.25) is 0 Å². The Morgan fingerprint density at radius 3 is 2.49 bits per heavy atom. The van der Waals surface area contributed by atoms with Crippen LogP contribution in [0.25, 0.3) is 0 Å². The number of aromatic hydroxyl groups is 2. The molecule has 208 valence electrons. The highest BCUT2D eigenvalue weighted by atomic mass is 16.6. The number of carbonyl (C=O) groups excluding carboxylic acids is 2. The van der Waals surface area contributed by atoms with Gasteiger partial charge in [0.25, 0.3) is 0 Å². The van der Waals surface area contributed by atoms with Gasteiger partial charge in [-0.05, 0) is 66.0 Å². The third-order valence-corrected chi connectivity index (χ3v) is 9.58. The molecule has 39 heavy (non-hydrogen) atoms. The van der Waals surface area contributed by atoms with Crippen LogP contribution in [-0.2, 0) is 16.0 Å². The molecule has 3 fully saturated rings. The zero-order valence-corrected chi connectivity index (χ0v) is 23.4. The molecule has 3 aliphatic carbocycles. The highest BCUT2D eigenvalue weighted by Gasteiger charge is 2.79. The number of phenols is 2. The van der Waals surface area contributed by atoms with Gasteiger partial charge in [-0.15, -0.1) is 0 Å². The minimum Gasteiger partial charge on any atom is -0.507 e. The molecule has 7 nitrogen and oxygen atoms in total. The minimum absolute atomic E-state index is 0.0237. The summed E-state index contributed by atoms with van der Waals surface area (Å²) in [4.78, 5) is 31.0. The lowest BCUT2D eigenvalue weighted by Gasteiger charge is -2.58. The summed E-state index contributed by atoms with van der Waals surface area (Å²) < 4.78 is 13.3. The molecular weight excluding hydrogens is 494 g/mol. The number of carbonyl (C=O) groups is 2. The SMILES string of the molecule is CC(C)=CCc1c(O)cc2c(c1O)C(=O)C1=C[C@H]3C(=O)[C@]4(CC=C(C)C)OC[C@H]([C@H]3CN3CCCCC3)[C@]14O2. The number of hydrogen-bond donors (Lipinski definition) is 2. The van der Waals surface area contributed by atoms with Gasteiger partial charge < -0.3 is 24.6 Å². The van der Waals surface area contributed by atoms with Crippen molar-refractivity contribution < 1.29 is 29.3 Å². The van der Waals surface area contributed by atoms with Crippen LogP contribution in [0.5, 0.6) is 17.2 Å². The van der Waals surface area contributed by atoms with Crippen molar-refractivity contribution in [3.05, 3.63) is 52.1 Å².